The standard InChI is InChI=1S/C18H37N3/c1-5-9-20-10-6-7-18(14-20)16(4)19-12-17-8-11-21(13-17)15(2)3/h15-19H,5-14H2,1-4H3. The fourth-order valence-electron chi connectivity index (χ4n) is 4.04. The molecule has 3 nitrogen and oxygen atoms in total. The third-order valence-electron chi connectivity index (χ3n) is 5.56. The molecule has 124 valence electrons. The van der Waals surface area contributed by atoms with Crippen LogP contribution in [0.5, 0.6) is 0 Å². The zero-order valence-electron chi connectivity index (χ0n) is 14.8. The van der Waals surface area contributed by atoms with E-state index in [4.69, 9.17) is 0 Å². The summed E-state index contributed by atoms with van der Waals surface area (Å²) in [5.74, 6) is 1.72. The summed E-state index contributed by atoms with van der Waals surface area (Å²) in [6.07, 6.45) is 5.48. The van der Waals surface area contributed by atoms with E-state index in [0.717, 1.165) is 11.8 Å². The lowest BCUT2D eigenvalue weighted by atomic mass is 9.91. The normalized spacial score (nSPS) is 30.1. The van der Waals surface area contributed by atoms with Gasteiger partial charge in [0.05, 0.1) is 0 Å². The molecule has 3 unspecified atom stereocenters. The van der Waals surface area contributed by atoms with Gasteiger partial charge in [0, 0.05) is 25.2 Å². The van der Waals surface area contributed by atoms with Crippen LogP contribution in [0, 0.1) is 11.8 Å². The Morgan fingerprint density at radius 2 is 1.90 bits per heavy atom. The van der Waals surface area contributed by atoms with Crippen LogP contribution in [0.25, 0.3) is 0 Å². The molecule has 3 atom stereocenters. The van der Waals surface area contributed by atoms with Gasteiger partial charge in [-0.1, -0.05) is 6.92 Å². The third-order valence-corrected chi connectivity index (χ3v) is 5.56. The van der Waals surface area contributed by atoms with Crippen molar-refractivity contribution in [2.75, 3.05) is 39.3 Å². The Morgan fingerprint density at radius 1 is 1.10 bits per heavy atom. The molecule has 0 saturated carbocycles. The van der Waals surface area contributed by atoms with Crippen molar-refractivity contribution in [3.8, 4) is 0 Å². The summed E-state index contributed by atoms with van der Waals surface area (Å²) in [5.41, 5.74) is 0. The molecule has 0 radical (unpaired) electrons. The molecule has 0 aromatic rings. The number of hydrogen-bond acceptors (Lipinski definition) is 3. The maximum atomic E-state index is 3.86. The zero-order chi connectivity index (χ0) is 15.2. The third kappa shape index (κ3) is 5.22. The van der Waals surface area contributed by atoms with Crippen LogP contribution in [0.2, 0.25) is 0 Å². The Morgan fingerprint density at radius 3 is 2.57 bits per heavy atom. The summed E-state index contributed by atoms with van der Waals surface area (Å²) >= 11 is 0. The van der Waals surface area contributed by atoms with Gasteiger partial charge in [-0.3, -0.25) is 0 Å². The van der Waals surface area contributed by atoms with Gasteiger partial charge >= 0.3 is 0 Å². The highest BCUT2D eigenvalue weighted by Crippen LogP contribution is 2.21. The van der Waals surface area contributed by atoms with Crippen molar-refractivity contribution in [2.24, 2.45) is 11.8 Å². The molecule has 0 aromatic carbocycles. The minimum absolute atomic E-state index is 0.678. The van der Waals surface area contributed by atoms with Crippen molar-refractivity contribution < 1.29 is 0 Å². The van der Waals surface area contributed by atoms with Crippen LogP contribution in [-0.4, -0.2) is 61.2 Å². The quantitative estimate of drug-likeness (QED) is 0.779. The van der Waals surface area contributed by atoms with E-state index in [0.29, 0.717) is 12.1 Å². The maximum absolute atomic E-state index is 3.86. The first-order valence-electron chi connectivity index (χ1n) is 9.30. The molecule has 2 saturated heterocycles. The SMILES string of the molecule is CCCN1CCCC(C(C)NCC2CCN(C(C)C)C2)C1. The van der Waals surface area contributed by atoms with E-state index < -0.39 is 0 Å². The largest absolute Gasteiger partial charge is 0.314 e. The number of nitrogens with one attached hydrogen (secondary N) is 1. The minimum Gasteiger partial charge on any atom is -0.314 e. The van der Waals surface area contributed by atoms with E-state index in [1.54, 1.807) is 0 Å². The Labute approximate surface area is 132 Å². The van der Waals surface area contributed by atoms with E-state index in [1.807, 2.05) is 0 Å². The summed E-state index contributed by atoms with van der Waals surface area (Å²) in [5, 5.41) is 3.86. The highest BCUT2D eigenvalue weighted by Gasteiger charge is 2.27. The van der Waals surface area contributed by atoms with Crippen LogP contribution in [0.3, 0.4) is 0 Å². The van der Waals surface area contributed by atoms with Gasteiger partial charge in [-0.25, -0.2) is 0 Å². The van der Waals surface area contributed by atoms with Crippen LogP contribution >= 0.6 is 0 Å². The number of hydrogen-bond donors (Lipinski definition) is 1. The van der Waals surface area contributed by atoms with Crippen LogP contribution in [0.15, 0.2) is 0 Å². The molecule has 2 fully saturated rings. The van der Waals surface area contributed by atoms with Gasteiger partial charge < -0.3 is 15.1 Å². The average Bonchev–Trinajstić information content (AvgIpc) is 2.94. The van der Waals surface area contributed by atoms with Crippen LogP contribution in [0.1, 0.15) is 53.4 Å². The second kappa shape index (κ2) is 8.50. The molecule has 2 aliphatic rings. The van der Waals surface area contributed by atoms with Gasteiger partial charge in [0.2, 0.25) is 0 Å². The molecule has 0 spiro atoms. The first-order chi connectivity index (χ1) is 10.1. The lowest BCUT2D eigenvalue weighted by Gasteiger charge is -2.36. The Bertz CT molecular complexity index is 290. The summed E-state index contributed by atoms with van der Waals surface area (Å²) < 4.78 is 0. The first-order valence-corrected chi connectivity index (χ1v) is 9.30. The fraction of sp³-hybridized carbons (Fsp3) is 1.00. The van der Waals surface area contributed by atoms with Gasteiger partial charge in [-0.2, -0.15) is 0 Å². The van der Waals surface area contributed by atoms with Crippen molar-refractivity contribution in [1.29, 1.82) is 0 Å². The molecular weight excluding hydrogens is 258 g/mol. The predicted octanol–water partition coefficient (Wildman–Crippen LogP) is 2.82. The van der Waals surface area contributed by atoms with Gasteiger partial charge in [-0.05, 0) is 84.5 Å². The Hall–Kier alpha value is -0.120. The van der Waals surface area contributed by atoms with Gasteiger partial charge in [0.1, 0.15) is 0 Å². The molecular formula is C18H37N3. The van der Waals surface area contributed by atoms with Gasteiger partial charge in [0.15, 0.2) is 0 Å². The van der Waals surface area contributed by atoms with Crippen LogP contribution < -0.4 is 5.32 Å². The topological polar surface area (TPSA) is 18.5 Å². The van der Waals surface area contributed by atoms with Gasteiger partial charge in [0.25, 0.3) is 0 Å². The van der Waals surface area contributed by atoms with Crippen LogP contribution in [0.4, 0.5) is 0 Å². The number of likely N-dealkylation sites (tertiary alicyclic amines) is 2. The molecule has 2 heterocycles. The van der Waals surface area contributed by atoms with Crippen molar-refractivity contribution in [2.45, 2.75) is 65.5 Å². The lowest BCUT2D eigenvalue weighted by Crippen LogP contribution is -2.45. The van der Waals surface area contributed by atoms with Crippen molar-refractivity contribution in [3.05, 3.63) is 0 Å². The second-order valence-electron chi connectivity index (χ2n) is 7.64. The first kappa shape index (κ1) is 17.2. The molecule has 0 bridgehead atoms. The van der Waals surface area contributed by atoms with Gasteiger partial charge in [-0.15, -0.1) is 0 Å². The summed E-state index contributed by atoms with van der Waals surface area (Å²) in [4.78, 5) is 5.29. The summed E-state index contributed by atoms with van der Waals surface area (Å²) in [6, 6.07) is 1.39. The minimum atomic E-state index is 0.678. The Kier molecular flexibility index (Phi) is 6.97. The van der Waals surface area contributed by atoms with E-state index in [1.165, 1.54) is 65.0 Å². The lowest BCUT2D eigenvalue weighted by molar-refractivity contribution is 0.149. The molecule has 0 aliphatic carbocycles. The maximum Gasteiger partial charge on any atom is 0.00793 e. The summed E-state index contributed by atoms with van der Waals surface area (Å²) in [6.45, 7) is 17.1. The highest BCUT2D eigenvalue weighted by molar-refractivity contribution is 4.84. The molecule has 2 aliphatic heterocycles. The second-order valence-corrected chi connectivity index (χ2v) is 7.64. The zero-order valence-corrected chi connectivity index (χ0v) is 14.8. The van der Waals surface area contributed by atoms with E-state index in [2.05, 4.69) is 42.8 Å². The van der Waals surface area contributed by atoms with Crippen molar-refractivity contribution in [1.82, 2.24) is 15.1 Å². The van der Waals surface area contributed by atoms with E-state index in [9.17, 15) is 0 Å². The monoisotopic (exact) mass is 295 g/mol. The van der Waals surface area contributed by atoms with Crippen molar-refractivity contribution >= 4 is 0 Å². The molecule has 3 heteroatoms. The molecule has 1 N–H and O–H groups in total. The predicted molar refractivity (Wildman–Crippen MR) is 91.7 cm³/mol. The summed E-state index contributed by atoms with van der Waals surface area (Å²) in [7, 11) is 0. The molecule has 21 heavy (non-hydrogen) atoms. The highest BCUT2D eigenvalue weighted by atomic mass is 15.2. The van der Waals surface area contributed by atoms with E-state index >= 15 is 0 Å². The van der Waals surface area contributed by atoms with Crippen molar-refractivity contribution in [3.63, 3.8) is 0 Å². The average molecular weight is 296 g/mol. The van der Waals surface area contributed by atoms with E-state index in [-0.39, 0.29) is 0 Å². The molecule has 0 aromatic heterocycles. The Balaban J connectivity index is 1.68. The fourth-order valence-corrected chi connectivity index (χ4v) is 4.04. The number of nitrogens with zero attached hydrogens (tertiary/aromatic N) is 2. The number of piperidine rings is 1. The smallest absolute Gasteiger partial charge is 0.00793 e. The molecule has 2 rings (SSSR count). The molecule has 0 amide bonds. The number of rotatable bonds is 7. The van der Waals surface area contributed by atoms with Crippen LogP contribution in [-0.2, 0) is 0 Å².